The van der Waals surface area contributed by atoms with E-state index in [2.05, 4.69) is 15.3 Å². The number of aryl methyl sites for hydroxylation is 1. The number of nitriles is 1. The quantitative estimate of drug-likeness (QED) is 0.386. The van der Waals surface area contributed by atoms with E-state index in [0.717, 1.165) is 16.8 Å². The molecule has 168 valence electrons. The standard InChI is InChI=1S/C25H24N4O3S/c1-2-28-25(30)21-4-3-5-24(17-21)33(31,32)23-10-7-19(8-11-23)6-9-22(29-18-26)16-20-12-14-27-15-13-20/h3-5,7-8,10-15,17H,2,6,9,16H2,1H3,(H,28,30). The lowest BCUT2D eigenvalue weighted by atomic mass is 10.0. The first-order chi connectivity index (χ1) is 15.9. The molecule has 0 aliphatic carbocycles. The van der Waals surface area contributed by atoms with Crippen LogP contribution in [0, 0.1) is 11.5 Å². The van der Waals surface area contributed by atoms with Crippen LogP contribution in [-0.4, -0.2) is 31.6 Å². The molecule has 1 aromatic heterocycles. The van der Waals surface area contributed by atoms with Gasteiger partial charge in [-0.15, -0.1) is 0 Å². The van der Waals surface area contributed by atoms with Gasteiger partial charge in [0.25, 0.3) is 5.91 Å². The van der Waals surface area contributed by atoms with E-state index >= 15 is 0 Å². The van der Waals surface area contributed by atoms with Crippen LogP contribution in [0.1, 0.15) is 34.8 Å². The maximum Gasteiger partial charge on any atom is 0.251 e. The fourth-order valence-electron chi connectivity index (χ4n) is 3.32. The number of nitrogens with one attached hydrogen (secondary N) is 1. The van der Waals surface area contributed by atoms with Crippen molar-refractivity contribution < 1.29 is 13.2 Å². The normalized spacial score (nSPS) is 11.6. The number of sulfone groups is 1. The zero-order valence-electron chi connectivity index (χ0n) is 18.2. The first-order valence-corrected chi connectivity index (χ1v) is 12.0. The third kappa shape index (κ3) is 6.34. The lowest BCUT2D eigenvalue weighted by Crippen LogP contribution is -2.22. The fraction of sp³-hybridized carbons (Fsp3) is 0.200. The second kappa shape index (κ2) is 11.2. The van der Waals surface area contributed by atoms with Crippen LogP contribution in [0.4, 0.5) is 0 Å². The summed E-state index contributed by atoms with van der Waals surface area (Å²) >= 11 is 0. The number of carbonyl (C=O) groups excluding carboxylic acids is 1. The van der Waals surface area contributed by atoms with E-state index in [9.17, 15) is 13.2 Å². The molecule has 0 aliphatic rings. The molecule has 1 heterocycles. The summed E-state index contributed by atoms with van der Waals surface area (Å²) in [5, 5.41) is 11.7. The molecule has 33 heavy (non-hydrogen) atoms. The third-order valence-corrected chi connectivity index (χ3v) is 6.81. The molecule has 0 bridgehead atoms. The zero-order chi connectivity index (χ0) is 23.7. The van der Waals surface area contributed by atoms with Crippen LogP contribution < -0.4 is 5.32 Å². The molecule has 0 unspecified atom stereocenters. The average Bonchev–Trinajstić information content (AvgIpc) is 2.84. The first kappa shape index (κ1) is 23.8. The molecular formula is C25H24N4O3S. The highest BCUT2D eigenvalue weighted by molar-refractivity contribution is 7.91. The smallest absolute Gasteiger partial charge is 0.251 e. The van der Waals surface area contributed by atoms with Gasteiger partial charge in [-0.1, -0.05) is 18.2 Å². The lowest BCUT2D eigenvalue weighted by molar-refractivity contribution is 0.0955. The number of carbonyl (C=O) groups is 1. The Labute approximate surface area is 193 Å². The van der Waals surface area contributed by atoms with E-state index in [1.165, 1.54) is 12.1 Å². The van der Waals surface area contributed by atoms with Crippen molar-refractivity contribution in [2.75, 3.05) is 6.54 Å². The van der Waals surface area contributed by atoms with Gasteiger partial charge in [-0.2, -0.15) is 10.3 Å². The molecule has 0 saturated carbocycles. The van der Waals surface area contributed by atoms with Crippen LogP contribution in [0.15, 0.2) is 87.8 Å². The van der Waals surface area contributed by atoms with Gasteiger partial charge in [-0.3, -0.25) is 9.78 Å². The number of benzene rings is 2. The molecule has 1 amide bonds. The molecule has 2 aromatic carbocycles. The predicted octanol–water partition coefficient (Wildman–Crippen LogP) is 3.76. The molecule has 3 rings (SSSR count). The van der Waals surface area contributed by atoms with Crippen molar-refractivity contribution in [1.82, 2.24) is 10.3 Å². The summed E-state index contributed by atoms with van der Waals surface area (Å²) in [6.45, 7) is 2.26. The van der Waals surface area contributed by atoms with Crippen LogP contribution in [0.3, 0.4) is 0 Å². The van der Waals surface area contributed by atoms with Crippen LogP contribution in [-0.2, 0) is 22.7 Å². The molecule has 3 aromatic rings. The van der Waals surface area contributed by atoms with Crippen molar-refractivity contribution in [3.05, 3.63) is 89.7 Å². The van der Waals surface area contributed by atoms with Crippen molar-refractivity contribution in [1.29, 1.82) is 5.26 Å². The third-order valence-electron chi connectivity index (χ3n) is 5.05. The molecule has 0 radical (unpaired) electrons. The molecule has 8 heteroatoms. The summed E-state index contributed by atoms with van der Waals surface area (Å²) in [4.78, 5) is 20.2. The van der Waals surface area contributed by atoms with Gasteiger partial charge in [-0.25, -0.2) is 8.42 Å². The number of rotatable bonds is 9. The van der Waals surface area contributed by atoms with Gasteiger partial charge in [-0.05, 0) is 73.4 Å². The van der Waals surface area contributed by atoms with Crippen LogP contribution >= 0.6 is 0 Å². The van der Waals surface area contributed by atoms with Crippen LogP contribution in [0.2, 0.25) is 0 Å². The van der Waals surface area contributed by atoms with Crippen LogP contribution in [0.5, 0.6) is 0 Å². The molecule has 0 spiro atoms. The largest absolute Gasteiger partial charge is 0.352 e. The van der Waals surface area contributed by atoms with Crippen molar-refractivity contribution in [3.8, 4) is 6.19 Å². The second-order valence-corrected chi connectivity index (χ2v) is 9.29. The highest BCUT2D eigenvalue weighted by Crippen LogP contribution is 2.22. The van der Waals surface area contributed by atoms with Gasteiger partial charge < -0.3 is 5.32 Å². The summed E-state index contributed by atoms with van der Waals surface area (Å²) < 4.78 is 26.1. The maximum atomic E-state index is 13.0. The predicted molar refractivity (Wildman–Crippen MR) is 126 cm³/mol. The summed E-state index contributed by atoms with van der Waals surface area (Å²) in [5.41, 5.74) is 3.01. The van der Waals surface area contributed by atoms with Gasteiger partial charge in [0.1, 0.15) is 0 Å². The molecule has 0 saturated heterocycles. The van der Waals surface area contributed by atoms with Gasteiger partial charge in [0, 0.05) is 36.6 Å². The van der Waals surface area contributed by atoms with E-state index in [1.807, 2.05) is 18.3 Å². The van der Waals surface area contributed by atoms with Crippen LogP contribution in [0.25, 0.3) is 0 Å². The van der Waals surface area contributed by atoms with Crippen molar-refractivity contribution in [2.24, 2.45) is 4.99 Å². The van der Waals surface area contributed by atoms with Gasteiger partial charge in [0.05, 0.1) is 9.79 Å². The Morgan fingerprint density at radius 2 is 1.76 bits per heavy atom. The van der Waals surface area contributed by atoms with E-state index in [1.54, 1.807) is 55.7 Å². The topological polar surface area (TPSA) is 112 Å². The lowest BCUT2D eigenvalue weighted by Gasteiger charge is -2.09. The number of hydrogen-bond donors (Lipinski definition) is 1. The Morgan fingerprint density at radius 3 is 2.42 bits per heavy atom. The van der Waals surface area contributed by atoms with Gasteiger partial charge in [0.2, 0.25) is 16.0 Å². The number of nitrogens with zero attached hydrogens (tertiary/aromatic N) is 3. The highest BCUT2D eigenvalue weighted by atomic mass is 32.2. The summed E-state index contributed by atoms with van der Waals surface area (Å²) in [5.74, 6) is -0.313. The Kier molecular flexibility index (Phi) is 8.06. The number of aromatic nitrogens is 1. The zero-order valence-corrected chi connectivity index (χ0v) is 19.0. The van der Waals surface area contributed by atoms with Gasteiger partial charge >= 0.3 is 0 Å². The number of pyridine rings is 1. The summed E-state index contributed by atoms with van der Waals surface area (Å²) in [6, 6.07) is 16.4. The minimum absolute atomic E-state index is 0.0693. The molecule has 0 fully saturated rings. The SMILES string of the molecule is CCNC(=O)c1cccc(S(=O)(=O)c2ccc(CCC(Cc3ccncc3)=NC#N)cc2)c1. The Bertz CT molecular complexity index is 1280. The first-order valence-electron chi connectivity index (χ1n) is 10.5. The van der Waals surface area contributed by atoms with E-state index < -0.39 is 9.84 Å². The Balaban J connectivity index is 1.71. The highest BCUT2D eigenvalue weighted by Gasteiger charge is 2.19. The van der Waals surface area contributed by atoms with Crippen molar-refractivity contribution in [2.45, 2.75) is 36.0 Å². The number of hydrogen-bond acceptors (Lipinski definition) is 6. The fourth-order valence-corrected chi connectivity index (χ4v) is 4.62. The summed E-state index contributed by atoms with van der Waals surface area (Å²) in [6.07, 6.45) is 7.02. The molecule has 1 N–H and O–H groups in total. The maximum absolute atomic E-state index is 13.0. The second-order valence-electron chi connectivity index (χ2n) is 7.34. The molecule has 0 atom stereocenters. The summed E-state index contributed by atoms with van der Waals surface area (Å²) in [7, 11) is -3.76. The van der Waals surface area contributed by atoms with E-state index in [0.29, 0.717) is 31.4 Å². The Hall–Kier alpha value is -3.83. The molecule has 7 nitrogen and oxygen atoms in total. The van der Waals surface area contributed by atoms with Gasteiger partial charge in [0.15, 0.2) is 0 Å². The average molecular weight is 461 g/mol. The molecule has 0 aliphatic heterocycles. The monoisotopic (exact) mass is 460 g/mol. The Morgan fingerprint density at radius 1 is 1.03 bits per heavy atom. The van der Waals surface area contributed by atoms with E-state index in [4.69, 9.17) is 5.26 Å². The van der Waals surface area contributed by atoms with E-state index in [-0.39, 0.29) is 15.7 Å². The number of aliphatic imine (C=N–C) groups is 1. The minimum Gasteiger partial charge on any atom is -0.352 e. The minimum atomic E-state index is -3.76. The van der Waals surface area contributed by atoms with Crippen molar-refractivity contribution >= 4 is 21.5 Å². The number of amides is 1. The molecular weight excluding hydrogens is 436 g/mol. The van der Waals surface area contributed by atoms with Crippen molar-refractivity contribution in [3.63, 3.8) is 0 Å².